The van der Waals surface area contributed by atoms with E-state index in [2.05, 4.69) is 104 Å². The fourth-order valence-electron chi connectivity index (χ4n) is 8.52. The summed E-state index contributed by atoms with van der Waals surface area (Å²) in [5, 5.41) is 18.7. The van der Waals surface area contributed by atoms with Crippen molar-refractivity contribution in [2.45, 2.75) is 116 Å². The van der Waals surface area contributed by atoms with E-state index in [0.29, 0.717) is 5.69 Å². The fourth-order valence-corrected chi connectivity index (χ4v) is 8.52. The molecule has 270 valence electrons. The summed E-state index contributed by atoms with van der Waals surface area (Å²) >= 11 is 0. The van der Waals surface area contributed by atoms with Crippen molar-refractivity contribution < 1.29 is 19.8 Å². The number of aromatic nitrogens is 2. The molecular formula is C46H52N2O4. The van der Waals surface area contributed by atoms with Crippen molar-refractivity contribution in [1.82, 2.24) is 9.97 Å². The molecule has 0 radical (unpaired) electrons. The molecule has 4 aromatic rings. The van der Waals surface area contributed by atoms with Crippen LogP contribution in [0.15, 0.2) is 67.0 Å². The van der Waals surface area contributed by atoms with Crippen LogP contribution in [0.5, 0.6) is 0 Å². The van der Waals surface area contributed by atoms with Gasteiger partial charge in [-0.2, -0.15) is 0 Å². The molecule has 2 heterocycles. The molecule has 2 aliphatic carbocycles. The van der Waals surface area contributed by atoms with Crippen LogP contribution in [-0.4, -0.2) is 32.1 Å². The molecule has 6 rings (SSSR count). The van der Waals surface area contributed by atoms with Gasteiger partial charge in [-0.25, -0.2) is 14.6 Å². The smallest absolute Gasteiger partial charge is 0.328 e. The molecule has 0 aliphatic heterocycles. The maximum atomic E-state index is 11.6. The summed E-state index contributed by atoms with van der Waals surface area (Å²) in [6, 6.07) is 15.7. The van der Waals surface area contributed by atoms with E-state index in [1.807, 2.05) is 12.3 Å². The molecule has 0 saturated carbocycles. The number of pyridine rings is 2. The molecule has 2 N–H and O–H groups in total. The van der Waals surface area contributed by atoms with E-state index in [1.54, 1.807) is 18.3 Å². The molecule has 0 bridgehead atoms. The molecule has 0 amide bonds. The van der Waals surface area contributed by atoms with Gasteiger partial charge in [0.2, 0.25) is 0 Å². The predicted octanol–water partition coefficient (Wildman–Crippen LogP) is 10.5. The number of aryl methyl sites for hydroxylation is 2. The summed E-state index contributed by atoms with van der Waals surface area (Å²) in [7, 11) is 0. The maximum absolute atomic E-state index is 11.6. The van der Waals surface area contributed by atoms with Crippen LogP contribution in [0.25, 0.3) is 34.5 Å². The maximum Gasteiger partial charge on any atom is 0.328 e. The van der Waals surface area contributed by atoms with E-state index < -0.39 is 11.9 Å². The van der Waals surface area contributed by atoms with E-state index >= 15 is 0 Å². The Bertz CT molecular complexity index is 2150. The van der Waals surface area contributed by atoms with Crippen molar-refractivity contribution in [2.75, 3.05) is 0 Å². The van der Waals surface area contributed by atoms with Crippen LogP contribution < -0.4 is 0 Å². The molecule has 0 fully saturated rings. The summed E-state index contributed by atoms with van der Waals surface area (Å²) in [5.41, 5.74) is 14.2. The average Bonchev–Trinajstić information content (AvgIpc) is 3.07. The first-order chi connectivity index (χ1) is 24.3. The molecular weight excluding hydrogens is 645 g/mol. The summed E-state index contributed by atoms with van der Waals surface area (Å²) in [6.45, 7) is 20.7. The molecule has 2 aromatic heterocycles. The summed E-state index contributed by atoms with van der Waals surface area (Å²) in [6.07, 6.45) is 14.1. The second-order valence-corrected chi connectivity index (χ2v) is 17.5. The predicted molar refractivity (Wildman–Crippen MR) is 211 cm³/mol. The van der Waals surface area contributed by atoms with Gasteiger partial charge in [0.1, 0.15) is 0 Å². The third kappa shape index (κ3) is 7.26. The molecule has 52 heavy (non-hydrogen) atoms. The number of carboxylic acid groups (broad SMARTS) is 2. The van der Waals surface area contributed by atoms with Gasteiger partial charge in [0.05, 0.1) is 11.4 Å². The van der Waals surface area contributed by atoms with E-state index in [9.17, 15) is 14.7 Å². The van der Waals surface area contributed by atoms with Crippen LogP contribution in [0.2, 0.25) is 0 Å². The number of benzene rings is 2. The minimum atomic E-state index is -0.997. The first-order valence-corrected chi connectivity index (χ1v) is 18.4. The molecule has 1 atom stereocenters. The third-order valence-electron chi connectivity index (χ3n) is 11.9. The molecule has 2 aliphatic rings. The second-order valence-electron chi connectivity index (χ2n) is 17.5. The zero-order valence-corrected chi connectivity index (χ0v) is 32.1. The topological polar surface area (TPSA) is 100 Å². The van der Waals surface area contributed by atoms with Crippen molar-refractivity contribution in [1.29, 1.82) is 0 Å². The number of carbonyl (C=O) groups is 2. The average molecular weight is 697 g/mol. The summed E-state index contributed by atoms with van der Waals surface area (Å²) in [5.74, 6) is -1.99. The van der Waals surface area contributed by atoms with Crippen LogP contribution >= 0.6 is 0 Å². The van der Waals surface area contributed by atoms with Gasteiger partial charge in [-0.15, -0.1) is 0 Å². The van der Waals surface area contributed by atoms with Gasteiger partial charge < -0.3 is 10.2 Å². The van der Waals surface area contributed by atoms with Crippen LogP contribution in [0.4, 0.5) is 0 Å². The number of carboxylic acids is 2. The number of fused-ring (bicyclic) bond motifs is 2. The Morgan fingerprint density at radius 1 is 0.654 bits per heavy atom. The first-order valence-electron chi connectivity index (χ1n) is 18.4. The van der Waals surface area contributed by atoms with Crippen LogP contribution in [0, 0.1) is 13.8 Å². The van der Waals surface area contributed by atoms with Gasteiger partial charge in [-0.1, -0.05) is 60.6 Å². The van der Waals surface area contributed by atoms with Crippen molar-refractivity contribution in [3.63, 3.8) is 0 Å². The molecule has 1 unspecified atom stereocenters. The largest absolute Gasteiger partial charge is 0.478 e. The fraction of sp³-hybridized carbons (Fsp3) is 0.391. The second kappa shape index (κ2) is 13.3. The van der Waals surface area contributed by atoms with E-state index in [-0.39, 0.29) is 21.7 Å². The SMILES string of the molecule is Cc1cc2c(cc1-c1cncc(C=CC(=O)O)c1)C(C)(C)CCC2(C)Cc1cc(C=CC(=O)O)nc(-c2cc3c(cc2C)C(C)(C)CCC3(C)C)c1. The van der Waals surface area contributed by atoms with Crippen molar-refractivity contribution in [3.05, 3.63) is 117 Å². The van der Waals surface area contributed by atoms with Crippen molar-refractivity contribution >= 4 is 24.1 Å². The van der Waals surface area contributed by atoms with Gasteiger partial charge in [0, 0.05) is 35.7 Å². The summed E-state index contributed by atoms with van der Waals surface area (Å²) < 4.78 is 0. The monoisotopic (exact) mass is 696 g/mol. The number of hydrogen-bond donors (Lipinski definition) is 2. The lowest BCUT2D eigenvalue weighted by atomic mass is 9.60. The lowest BCUT2D eigenvalue weighted by Crippen LogP contribution is -2.37. The summed E-state index contributed by atoms with van der Waals surface area (Å²) in [4.78, 5) is 32.2. The standard InChI is InChI=1S/C46H52N2O4/c1-28-19-39-38(23-34(28)32-20-30(26-47-27-32)10-12-41(49)50)45(7,8)16-17-46(39,9)25-31-21-33(11-13-42(51)52)48-40(22-31)35-24-37-36(18-29(35)2)43(3,4)14-15-44(37,5)6/h10-13,18-24,26-27H,14-17,25H2,1-9H3,(H,49,50)(H,51,52). The molecule has 2 aromatic carbocycles. The zero-order valence-electron chi connectivity index (χ0n) is 32.1. The molecule has 0 saturated heterocycles. The Hall–Kier alpha value is -4.84. The van der Waals surface area contributed by atoms with Gasteiger partial charge in [0.15, 0.2) is 0 Å². The van der Waals surface area contributed by atoms with Gasteiger partial charge in [-0.3, -0.25) is 4.98 Å². The third-order valence-corrected chi connectivity index (χ3v) is 11.9. The molecule has 6 heteroatoms. The molecule has 6 nitrogen and oxygen atoms in total. The Morgan fingerprint density at radius 2 is 1.19 bits per heavy atom. The first kappa shape index (κ1) is 36.9. The Kier molecular flexibility index (Phi) is 9.44. The normalized spacial score (nSPS) is 20.1. The van der Waals surface area contributed by atoms with E-state index in [4.69, 9.17) is 10.1 Å². The lowest BCUT2D eigenvalue weighted by molar-refractivity contribution is -0.132. The highest BCUT2D eigenvalue weighted by atomic mass is 16.4. The quantitative estimate of drug-likeness (QED) is 0.178. The Morgan fingerprint density at radius 3 is 1.85 bits per heavy atom. The highest BCUT2D eigenvalue weighted by Crippen LogP contribution is 2.50. The van der Waals surface area contributed by atoms with Crippen LogP contribution in [0.1, 0.15) is 124 Å². The number of rotatable bonds is 8. The Labute approximate surface area is 308 Å². The van der Waals surface area contributed by atoms with Crippen molar-refractivity contribution in [2.24, 2.45) is 0 Å². The van der Waals surface area contributed by atoms with Gasteiger partial charge in [0.25, 0.3) is 0 Å². The van der Waals surface area contributed by atoms with Gasteiger partial charge >= 0.3 is 11.9 Å². The van der Waals surface area contributed by atoms with E-state index in [1.165, 1.54) is 33.9 Å². The number of aliphatic carboxylic acids is 2. The van der Waals surface area contributed by atoms with Gasteiger partial charge in [-0.05, 0) is 160 Å². The van der Waals surface area contributed by atoms with Crippen LogP contribution in [-0.2, 0) is 37.7 Å². The highest BCUT2D eigenvalue weighted by Gasteiger charge is 2.41. The zero-order chi connectivity index (χ0) is 37.8. The van der Waals surface area contributed by atoms with E-state index in [0.717, 1.165) is 77.3 Å². The molecule has 0 spiro atoms. The number of nitrogens with zero attached hydrogens (tertiary/aromatic N) is 2. The minimum absolute atomic E-state index is 0.0479. The van der Waals surface area contributed by atoms with Crippen LogP contribution in [0.3, 0.4) is 0 Å². The number of hydrogen-bond acceptors (Lipinski definition) is 4. The van der Waals surface area contributed by atoms with Crippen molar-refractivity contribution in [3.8, 4) is 22.4 Å². The minimum Gasteiger partial charge on any atom is -0.478 e. The highest BCUT2D eigenvalue weighted by molar-refractivity contribution is 5.86. The lowest BCUT2D eigenvalue weighted by Gasteiger charge is -2.44. The Balaban J connectivity index is 1.45.